The van der Waals surface area contributed by atoms with E-state index in [1.807, 2.05) is 6.92 Å². The predicted octanol–water partition coefficient (Wildman–Crippen LogP) is 4.95. The summed E-state index contributed by atoms with van der Waals surface area (Å²) in [4.78, 5) is 12.5. The molecule has 0 aliphatic rings. The van der Waals surface area contributed by atoms with Gasteiger partial charge < -0.3 is 5.32 Å². The topological polar surface area (TPSA) is 64.7 Å². The molecule has 2 heterocycles. The lowest BCUT2D eigenvalue weighted by atomic mass is 10.2. The first kappa shape index (κ1) is 20.0. The molecule has 0 saturated heterocycles. The zero-order chi connectivity index (χ0) is 19.7. The molecule has 0 radical (unpaired) electrons. The Morgan fingerprint density at radius 1 is 1.30 bits per heavy atom. The standard InChI is InChI=1S/C17H15Br2ClFN5O/c1-9-12(18)8-26(23-9)10(2)17(27)22-16-13(19)7-25(24-16)6-11-14(20)4-3-5-15(11)21/h3-5,7-8,10H,6H2,1-2H3,(H,22,24,27). The van der Waals surface area contributed by atoms with E-state index < -0.39 is 11.9 Å². The Kier molecular flexibility index (Phi) is 6.02. The van der Waals surface area contributed by atoms with Crippen LogP contribution in [0.25, 0.3) is 0 Å². The first-order valence-electron chi connectivity index (χ1n) is 7.94. The average molecular weight is 520 g/mol. The molecule has 1 N–H and O–H groups in total. The van der Waals surface area contributed by atoms with E-state index in [0.717, 1.165) is 10.2 Å². The number of halogens is 4. The van der Waals surface area contributed by atoms with Crippen molar-refractivity contribution >= 4 is 55.2 Å². The first-order chi connectivity index (χ1) is 12.8. The molecule has 0 spiro atoms. The van der Waals surface area contributed by atoms with Gasteiger partial charge >= 0.3 is 0 Å². The fraction of sp³-hybridized carbons (Fsp3) is 0.235. The number of aryl methyl sites for hydroxylation is 1. The van der Waals surface area contributed by atoms with Crippen molar-refractivity contribution in [2.24, 2.45) is 0 Å². The minimum absolute atomic E-state index is 0.140. The molecular formula is C17H15Br2ClFN5O. The minimum atomic E-state index is -0.534. The molecule has 1 unspecified atom stereocenters. The number of anilines is 1. The average Bonchev–Trinajstić information content (AvgIpc) is 3.13. The van der Waals surface area contributed by atoms with Crippen molar-refractivity contribution in [2.45, 2.75) is 26.4 Å². The number of aromatic nitrogens is 4. The van der Waals surface area contributed by atoms with Crippen molar-refractivity contribution in [2.75, 3.05) is 5.32 Å². The van der Waals surface area contributed by atoms with E-state index in [1.165, 1.54) is 10.7 Å². The zero-order valence-electron chi connectivity index (χ0n) is 14.4. The summed E-state index contributed by atoms with van der Waals surface area (Å²) in [6.07, 6.45) is 3.39. The molecule has 1 aromatic carbocycles. The van der Waals surface area contributed by atoms with Crippen LogP contribution in [0.3, 0.4) is 0 Å². The van der Waals surface area contributed by atoms with Crippen molar-refractivity contribution < 1.29 is 9.18 Å². The highest BCUT2D eigenvalue weighted by molar-refractivity contribution is 9.10. The first-order valence-corrected chi connectivity index (χ1v) is 9.90. The van der Waals surface area contributed by atoms with Gasteiger partial charge in [0.1, 0.15) is 11.9 Å². The van der Waals surface area contributed by atoms with E-state index in [9.17, 15) is 9.18 Å². The lowest BCUT2D eigenvalue weighted by Gasteiger charge is -2.11. The lowest BCUT2D eigenvalue weighted by molar-refractivity contribution is -0.119. The van der Waals surface area contributed by atoms with Gasteiger partial charge in [0.05, 0.1) is 21.2 Å². The monoisotopic (exact) mass is 517 g/mol. The highest BCUT2D eigenvalue weighted by atomic mass is 79.9. The van der Waals surface area contributed by atoms with Gasteiger partial charge in [-0.2, -0.15) is 10.2 Å². The van der Waals surface area contributed by atoms with Gasteiger partial charge in [-0.3, -0.25) is 14.2 Å². The Morgan fingerprint density at radius 3 is 2.67 bits per heavy atom. The van der Waals surface area contributed by atoms with Crippen molar-refractivity contribution in [3.63, 3.8) is 0 Å². The predicted molar refractivity (Wildman–Crippen MR) is 108 cm³/mol. The molecule has 142 valence electrons. The van der Waals surface area contributed by atoms with Gasteiger partial charge in [-0.25, -0.2) is 4.39 Å². The quantitative estimate of drug-likeness (QED) is 0.519. The normalized spacial score (nSPS) is 12.2. The summed E-state index contributed by atoms with van der Waals surface area (Å²) in [5.74, 6) is -0.352. The van der Waals surface area contributed by atoms with E-state index in [1.54, 1.807) is 36.1 Å². The largest absolute Gasteiger partial charge is 0.306 e. The molecule has 3 rings (SSSR count). The highest BCUT2D eigenvalue weighted by Gasteiger charge is 2.20. The third-order valence-electron chi connectivity index (χ3n) is 3.97. The van der Waals surface area contributed by atoms with Crippen molar-refractivity contribution in [3.8, 4) is 0 Å². The minimum Gasteiger partial charge on any atom is -0.306 e. The number of nitrogens with zero attached hydrogens (tertiary/aromatic N) is 4. The van der Waals surface area contributed by atoms with Gasteiger partial charge in [0.15, 0.2) is 5.82 Å². The second-order valence-corrected chi connectivity index (χ2v) is 8.05. The lowest BCUT2D eigenvalue weighted by Crippen LogP contribution is -2.24. The van der Waals surface area contributed by atoms with Crippen LogP contribution >= 0.6 is 43.5 Å². The molecule has 0 saturated carbocycles. The third-order valence-corrected chi connectivity index (χ3v) is 5.69. The van der Waals surface area contributed by atoms with Gasteiger partial charge in [-0.1, -0.05) is 17.7 Å². The second-order valence-electron chi connectivity index (χ2n) is 5.93. The van der Waals surface area contributed by atoms with Crippen molar-refractivity contribution in [1.29, 1.82) is 0 Å². The number of rotatable bonds is 5. The fourth-order valence-corrected chi connectivity index (χ4v) is 3.33. The molecule has 0 aliphatic heterocycles. The van der Waals surface area contributed by atoms with Gasteiger partial charge in [0, 0.05) is 23.0 Å². The molecule has 0 fully saturated rings. The van der Waals surface area contributed by atoms with Gasteiger partial charge in [-0.05, 0) is 57.8 Å². The van der Waals surface area contributed by atoms with E-state index in [4.69, 9.17) is 11.6 Å². The van der Waals surface area contributed by atoms with Crippen LogP contribution in [0.15, 0.2) is 39.5 Å². The number of carbonyl (C=O) groups is 1. The van der Waals surface area contributed by atoms with Gasteiger partial charge in [0.25, 0.3) is 0 Å². The Morgan fingerprint density at radius 2 is 2.04 bits per heavy atom. The van der Waals surface area contributed by atoms with Crippen LogP contribution in [0.4, 0.5) is 10.2 Å². The van der Waals surface area contributed by atoms with Gasteiger partial charge in [-0.15, -0.1) is 0 Å². The van der Waals surface area contributed by atoms with E-state index >= 15 is 0 Å². The molecule has 0 bridgehead atoms. The maximum atomic E-state index is 14.0. The molecule has 10 heteroatoms. The number of benzene rings is 1. The van der Waals surface area contributed by atoms with Crippen LogP contribution in [-0.4, -0.2) is 25.5 Å². The molecule has 27 heavy (non-hydrogen) atoms. The summed E-state index contributed by atoms with van der Waals surface area (Å²) in [5, 5.41) is 11.7. The molecule has 0 aliphatic carbocycles. The Bertz CT molecular complexity index is 964. The number of hydrogen-bond donors (Lipinski definition) is 1. The molecule has 1 atom stereocenters. The fourth-order valence-electron chi connectivity index (χ4n) is 2.41. The Hall–Kier alpha value is -1.71. The molecule has 2 aromatic heterocycles. The SMILES string of the molecule is Cc1nn(C(C)C(=O)Nc2nn(Cc3c(F)cccc3Cl)cc2Br)cc1Br. The summed E-state index contributed by atoms with van der Waals surface area (Å²) in [5.41, 5.74) is 1.12. The number of carbonyl (C=O) groups excluding carboxylic acids is 1. The summed E-state index contributed by atoms with van der Waals surface area (Å²) in [7, 11) is 0. The highest BCUT2D eigenvalue weighted by Crippen LogP contribution is 2.25. The van der Waals surface area contributed by atoms with Crippen LogP contribution in [0.2, 0.25) is 5.02 Å². The number of amides is 1. The summed E-state index contributed by atoms with van der Waals surface area (Å²) in [6, 6.07) is 3.97. The molecule has 1 amide bonds. The van der Waals surface area contributed by atoms with Crippen molar-refractivity contribution in [3.05, 3.63) is 61.6 Å². The zero-order valence-corrected chi connectivity index (χ0v) is 18.3. The maximum Gasteiger partial charge on any atom is 0.250 e. The third kappa shape index (κ3) is 4.41. The Labute approximate surface area is 177 Å². The van der Waals surface area contributed by atoms with Crippen LogP contribution in [0, 0.1) is 12.7 Å². The van der Waals surface area contributed by atoms with Crippen LogP contribution in [0.5, 0.6) is 0 Å². The second kappa shape index (κ2) is 8.12. The number of hydrogen-bond acceptors (Lipinski definition) is 3. The molecular weight excluding hydrogens is 504 g/mol. The van der Waals surface area contributed by atoms with Crippen LogP contribution < -0.4 is 5.32 Å². The Balaban J connectivity index is 1.75. The smallest absolute Gasteiger partial charge is 0.250 e. The van der Waals surface area contributed by atoms with Crippen molar-refractivity contribution in [1.82, 2.24) is 19.6 Å². The molecule has 3 aromatic rings. The van der Waals surface area contributed by atoms with E-state index in [-0.39, 0.29) is 12.5 Å². The van der Waals surface area contributed by atoms with Crippen LogP contribution in [-0.2, 0) is 11.3 Å². The summed E-state index contributed by atoms with van der Waals surface area (Å²) < 4.78 is 18.4. The van der Waals surface area contributed by atoms with Crippen LogP contribution in [0.1, 0.15) is 24.2 Å². The maximum absolute atomic E-state index is 14.0. The van der Waals surface area contributed by atoms with E-state index in [2.05, 4.69) is 47.4 Å². The van der Waals surface area contributed by atoms with E-state index in [0.29, 0.717) is 20.9 Å². The summed E-state index contributed by atoms with van der Waals surface area (Å²) >= 11 is 12.8. The van der Waals surface area contributed by atoms with Gasteiger partial charge in [0.2, 0.25) is 5.91 Å². The summed E-state index contributed by atoms with van der Waals surface area (Å²) in [6.45, 7) is 3.72. The number of nitrogens with one attached hydrogen (secondary N) is 1. The molecule has 6 nitrogen and oxygen atoms in total.